The summed E-state index contributed by atoms with van der Waals surface area (Å²) in [6, 6.07) is 14.5. The molecule has 0 bridgehead atoms. The summed E-state index contributed by atoms with van der Waals surface area (Å²) in [5.41, 5.74) is 1.08. The molecule has 242 valence electrons. The lowest BCUT2D eigenvalue weighted by molar-refractivity contribution is -0.146. The number of alkyl halides is 3. The van der Waals surface area contributed by atoms with E-state index in [9.17, 15) is 37.1 Å². The normalized spacial score (nSPS) is 14.5. The van der Waals surface area contributed by atoms with Crippen LogP contribution in [0.15, 0.2) is 60.7 Å². The first-order valence-corrected chi connectivity index (χ1v) is 15.3. The number of aromatic nitrogens is 1. The minimum Gasteiger partial charge on any atom is -0.479 e. The monoisotopic (exact) mass is 658 g/mol. The number of nitrogens with zero attached hydrogens (tertiary/aromatic N) is 2. The maximum atomic E-state index is 14.1. The number of aliphatic hydroxyl groups is 1. The number of aliphatic hydroxyl groups excluding tert-OH is 1. The van der Waals surface area contributed by atoms with Gasteiger partial charge in [0.25, 0.3) is 5.91 Å². The van der Waals surface area contributed by atoms with Gasteiger partial charge in [-0.1, -0.05) is 54.9 Å². The predicted octanol–water partition coefficient (Wildman–Crippen LogP) is 6.92. The van der Waals surface area contributed by atoms with Crippen molar-refractivity contribution in [3.05, 3.63) is 88.7 Å². The number of hydrogen-bond acceptors (Lipinski definition) is 6. The fourth-order valence-corrected chi connectivity index (χ4v) is 6.22. The highest BCUT2D eigenvalue weighted by Gasteiger charge is 2.35. The Labute approximate surface area is 264 Å². The summed E-state index contributed by atoms with van der Waals surface area (Å²) < 4.78 is 53.8. The Hall–Kier alpha value is -4.56. The number of amides is 3. The van der Waals surface area contributed by atoms with Gasteiger partial charge in [0.2, 0.25) is 0 Å². The third-order valence-electron chi connectivity index (χ3n) is 7.82. The van der Waals surface area contributed by atoms with E-state index in [-0.39, 0.29) is 27.5 Å². The molecule has 0 spiro atoms. The number of carboxylic acids is 1. The summed E-state index contributed by atoms with van der Waals surface area (Å²) in [6.45, 7) is -0.442. The van der Waals surface area contributed by atoms with Crippen LogP contribution >= 0.6 is 11.3 Å². The summed E-state index contributed by atoms with van der Waals surface area (Å²) in [5, 5.41) is 23.1. The first-order valence-electron chi connectivity index (χ1n) is 14.5. The maximum absolute atomic E-state index is 14.1. The lowest BCUT2D eigenvalue weighted by atomic mass is 9.84. The lowest BCUT2D eigenvalue weighted by Gasteiger charge is -2.25. The topological polar surface area (TPSA) is 132 Å². The molecule has 4 aromatic rings. The molecule has 3 aromatic carbocycles. The Kier molecular flexibility index (Phi) is 9.87. The molecule has 5 rings (SSSR count). The molecular formula is C32H30F4N4O5S. The largest absolute Gasteiger partial charge is 0.479 e. The van der Waals surface area contributed by atoms with Crippen molar-refractivity contribution in [3.8, 4) is 0 Å². The number of carboxylic acid groups (broad SMARTS) is 1. The van der Waals surface area contributed by atoms with Crippen LogP contribution in [0.5, 0.6) is 0 Å². The zero-order valence-electron chi connectivity index (χ0n) is 24.3. The number of carbonyl (C=O) groups excluding carboxylic acids is 2. The van der Waals surface area contributed by atoms with Gasteiger partial charge in [-0.15, -0.1) is 0 Å². The van der Waals surface area contributed by atoms with Crippen molar-refractivity contribution in [1.29, 1.82) is 0 Å². The molecule has 1 aliphatic rings. The van der Waals surface area contributed by atoms with E-state index in [0.29, 0.717) is 29.3 Å². The summed E-state index contributed by atoms with van der Waals surface area (Å²) in [7, 11) is 0. The molecule has 3 amide bonds. The number of benzene rings is 3. The zero-order chi connectivity index (χ0) is 33.0. The van der Waals surface area contributed by atoms with Crippen molar-refractivity contribution in [2.75, 3.05) is 16.8 Å². The van der Waals surface area contributed by atoms with Crippen LogP contribution in [0, 0.1) is 5.82 Å². The van der Waals surface area contributed by atoms with Crippen molar-refractivity contribution in [2.24, 2.45) is 0 Å². The SMILES string of the molecule is O=C(NC[C@@H](O)C(=O)O)c1ccc(CN(C(=O)Nc2nc3cc(F)c(C(F)(F)F)cc3s2)c2ccc(C3CCCCC3)cc2)cc1. The number of aliphatic carboxylic acids is 1. The van der Waals surface area contributed by atoms with Crippen LogP contribution in [-0.2, 0) is 17.5 Å². The smallest absolute Gasteiger partial charge is 0.419 e. The molecule has 0 unspecified atom stereocenters. The molecule has 1 aromatic heterocycles. The van der Waals surface area contributed by atoms with Gasteiger partial charge in [-0.05, 0) is 60.2 Å². The Morgan fingerprint density at radius 3 is 2.30 bits per heavy atom. The molecule has 1 heterocycles. The Morgan fingerprint density at radius 1 is 1.00 bits per heavy atom. The first kappa shape index (κ1) is 32.8. The highest BCUT2D eigenvalue weighted by Crippen LogP contribution is 2.37. The van der Waals surface area contributed by atoms with E-state index in [4.69, 9.17) is 5.11 Å². The van der Waals surface area contributed by atoms with Gasteiger partial charge in [-0.3, -0.25) is 15.0 Å². The molecule has 0 aliphatic heterocycles. The fraction of sp³-hybridized carbons (Fsp3) is 0.312. The second-order valence-corrected chi connectivity index (χ2v) is 12.1. The second kappa shape index (κ2) is 13.8. The van der Waals surface area contributed by atoms with Crippen LogP contribution in [0.4, 0.5) is 33.2 Å². The molecule has 0 radical (unpaired) electrons. The molecule has 0 saturated heterocycles. The minimum atomic E-state index is -4.89. The minimum absolute atomic E-state index is 0.0156. The number of fused-ring (bicyclic) bond motifs is 1. The Bertz CT molecular complexity index is 1720. The van der Waals surface area contributed by atoms with E-state index < -0.39 is 48.1 Å². The predicted molar refractivity (Wildman–Crippen MR) is 164 cm³/mol. The molecule has 14 heteroatoms. The number of urea groups is 1. The Morgan fingerprint density at radius 2 is 1.67 bits per heavy atom. The number of nitrogens with one attached hydrogen (secondary N) is 2. The van der Waals surface area contributed by atoms with E-state index in [0.717, 1.165) is 37.0 Å². The van der Waals surface area contributed by atoms with Crippen molar-refractivity contribution >= 4 is 50.3 Å². The molecule has 46 heavy (non-hydrogen) atoms. The van der Waals surface area contributed by atoms with Crippen LogP contribution in [0.25, 0.3) is 10.2 Å². The maximum Gasteiger partial charge on any atom is 0.419 e. The molecule has 1 fully saturated rings. The van der Waals surface area contributed by atoms with Gasteiger partial charge in [0.05, 0.1) is 28.9 Å². The van der Waals surface area contributed by atoms with Gasteiger partial charge in [0.15, 0.2) is 11.2 Å². The van der Waals surface area contributed by atoms with Crippen LogP contribution in [0.3, 0.4) is 0 Å². The third kappa shape index (κ3) is 7.80. The van der Waals surface area contributed by atoms with Crippen LogP contribution in [0.1, 0.15) is 65.1 Å². The number of rotatable bonds is 9. The van der Waals surface area contributed by atoms with Crippen molar-refractivity contribution < 1.29 is 42.2 Å². The van der Waals surface area contributed by atoms with Gasteiger partial charge in [-0.25, -0.2) is 19.0 Å². The highest BCUT2D eigenvalue weighted by atomic mass is 32.1. The lowest BCUT2D eigenvalue weighted by Crippen LogP contribution is -2.36. The summed E-state index contributed by atoms with van der Waals surface area (Å²) >= 11 is 0.783. The first-order chi connectivity index (χ1) is 21.9. The second-order valence-electron chi connectivity index (χ2n) is 11.0. The average molecular weight is 659 g/mol. The molecular weight excluding hydrogens is 628 g/mol. The zero-order valence-corrected chi connectivity index (χ0v) is 25.1. The quantitative estimate of drug-likeness (QED) is 0.145. The standard InChI is InChI=1S/C32H30F4N4O5S/c33-24-15-25-27(14-23(24)32(34,35)36)46-30(38-25)39-31(45)40(22-12-10-20(11-13-22)19-4-2-1-3-5-19)17-18-6-8-21(9-7-18)28(42)37-16-26(41)29(43)44/h6-15,19,26,41H,1-5,16-17H2,(H,37,42)(H,43,44)(H,38,39,45)/t26-/m1/s1. The molecule has 1 atom stereocenters. The highest BCUT2D eigenvalue weighted by molar-refractivity contribution is 7.22. The number of anilines is 2. The van der Waals surface area contributed by atoms with E-state index in [1.54, 1.807) is 12.1 Å². The fourth-order valence-electron chi connectivity index (χ4n) is 5.34. The van der Waals surface area contributed by atoms with Gasteiger partial charge >= 0.3 is 18.2 Å². The number of halogens is 4. The number of thiazole rings is 1. The summed E-state index contributed by atoms with van der Waals surface area (Å²) in [4.78, 5) is 42.4. The number of hydrogen-bond donors (Lipinski definition) is 4. The van der Waals surface area contributed by atoms with Gasteiger partial charge in [-0.2, -0.15) is 13.2 Å². The van der Waals surface area contributed by atoms with Crippen LogP contribution in [0.2, 0.25) is 0 Å². The van der Waals surface area contributed by atoms with Gasteiger partial charge in [0, 0.05) is 17.3 Å². The summed E-state index contributed by atoms with van der Waals surface area (Å²) in [5.74, 6) is -3.09. The van der Waals surface area contributed by atoms with Crippen LogP contribution < -0.4 is 15.5 Å². The van der Waals surface area contributed by atoms with E-state index in [1.807, 2.05) is 24.3 Å². The van der Waals surface area contributed by atoms with Crippen molar-refractivity contribution in [3.63, 3.8) is 0 Å². The van der Waals surface area contributed by atoms with E-state index >= 15 is 0 Å². The average Bonchev–Trinajstić information content (AvgIpc) is 3.43. The van der Waals surface area contributed by atoms with Gasteiger partial charge < -0.3 is 15.5 Å². The summed E-state index contributed by atoms with van der Waals surface area (Å²) in [6.07, 6.45) is -0.927. The van der Waals surface area contributed by atoms with Crippen molar-refractivity contribution in [2.45, 2.75) is 56.8 Å². The molecule has 9 nitrogen and oxygen atoms in total. The molecule has 4 N–H and O–H groups in total. The van der Waals surface area contributed by atoms with E-state index in [1.165, 1.54) is 29.0 Å². The van der Waals surface area contributed by atoms with Crippen molar-refractivity contribution in [1.82, 2.24) is 10.3 Å². The number of carbonyl (C=O) groups is 3. The molecule has 1 saturated carbocycles. The third-order valence-corrected chi connectivity index (χ3v) is 8.75. The van der Waals surface area contributed by atoms with E-state index in [2.05, 4.69) is 15.6 Å². The molecule has 1 aliphatic carbocycles. The Balaban J connectivity index is 1.37. The van der Waals surface area contributed by atoms with Gasteiger partial charge in [0.1, 0.15) is 5.82 Å². The van der Waals surface area contributed by atoms with Crippen LogP contribution in [-0.4, -0.2) is 45.8 Å².